The van der Waals surface area contributed by atoms with Crippen LogP contribution in [0.1, 0.15) is 39.0 Å². The second-order valence-corrected chi connectivity index (χ2v) is 5.69. The molecule has 3 nitrogen and oxygen atoms in total. The fraction of sp³-hybridized carbons (Fsp3) is 0.500. The molecule has 0 unspecified atom stereocenters. The molecule has 1 aromatic heterocycles. The van der Waals surface area contributed by atoms with Crippen molar-refractivity contribution in [3.05, 3.63) is 30.5 Å². The Morgan fingerprint density at radius 1 is 1.21 bits per heavy atom. The van der Waals surface area contributed by atoms with Crippen LogP contribution in [0.4, 0.5) is 5.69 Å². The summed E-state index contributed by atoms with van der Waals surface area (Å²) in [5.74, 6) is 0. The van der Waals surface area contributed by atoms with E-state index in [-0.39, 0.29) is 0 Å². The third-order valence-electron chi connectivity index (χ3n) is 4.61. The van der Waals surface area contributed by atoms with Gasteiger partial charge in [-0.3, -0.25) is 0 Å². The van der Waals surface area contributed by atoms with Crippen molar-refractivity contribution in [2.45, 2.75) is 39.0 Å². The molecule has 1 saturated carbocycles. The van der Waals surface area contributed by atoms with Gasteiger partial charge in [-0.2, -0.15) is 10.2 Å². The summed E-state index contributed by atoms with van der Waals surface area (Å²) in [5.41, 5.74) is 2.57. The first kappa shape index (κ1) is 12.4. The van der Waals surface area contributed by atoms with Gasteiger partial charge in [0.1, 0.15) is 0 Å². The van der Waals surface area contributed by atoms with Gasteiger partial charge in [0.2, 0.25) is 0 Å². The summed E-state index contributed by atoms with van der Waals surface area (Å²) < 4.78 is 0. The average molecular weight is 255 g/mol. The molecule has 0 atom stereocenters. The predicted octanol–water partition coefficient (Wildman–Crippen LogP) is 4.01. The first-order valence-electron chi connectivity index (χ1n) is 7.27. The van der Waals surface area contributed by atoms with Gasteiger partial charge >= 0.3 is 0 Å². The fourth-order valence-electron chi connectivity index (χ4n) is 3.21. The second kappa shape index (κ2) is 5.16. The zero-order valence-electron chi connectivity index (χ0n) is 11.5. The number of hydrogen-bond acceptors (Lipinski definition) is 3. The van der Waals surface area contributed by atoms with Crippen molar-refractivity contribution in [1.82, 2.24) is 10.2 Å². The molecule has 1 fully saturated rings. The largest absolute Gasteiger partial charge is 0.383 e. The number of fused-ring (bicyclic) bond motifs is 1. The normalized spacial score (nSPS) is 17.7. The molecular weight excluding hydrogens is 234 g/mol. The molecule has 1 heterocycles. The molecule has 0 spiro atoms. The van der Waals surface area contributed by atoms with Gasteiger partial charge in [0, 0.05) is 11.9 Å². The molecule has 0 radical (unpaired) electrons. The number of nitrogens with zero attached hydrogens (tertiary/aromatic N) is 2. The highest BCUT2D eigenvalue weighted by atomic mass is 15.1. The van der Waals surface area contributed by atoms with Crippen LogP contribution in [-0.4, -0.2) is 16.7 Å². The van der Waals surface area contributed by atoms with Gasteiger partial charge in [-0.1, -0.05) is 38.0 Å². The third kappa shape index (κ3) is 2.42. The van der Waals surface area contributed by atoms with E-state index in [1.165, 1.54) is 37.5 Å². The van der Waals surface area contributed by atoms with E-state index in [1.54, 1.807) is 0 Å². The van der Waals surface area contributed by atoms with E-state index in [9.17, 15) is 0 Å². The lowest BCUT2D eigenvalue weighted by molar-refractivity contribution is 0.307. The highest BCUT2D eigenvalue weighted by molar-refractivity contribution is 5.90. The van der Waals surface area contributed by atoms with Crippen LogP contribution < -0.4 is 5.32 Å². The van der Waals surface area contributed by atoms with Gasteiger partial charge in [-0.05, 0) is 30.7 Å². The van der Waals surface area contributed by atoms with E-state index < -0.39 is 0 Å². The van der Waals surface area contributed by atoms with Crippen molar-refractivity contribution in [2.24, 2.45) is 5.41 Å². The second-order valence-electron chi connectivity index (χ2n) is 5.69. The van der Waals surface area contributed by atoms with Gasteiger partial charge in [0.25, 0.3) is 0 Å². The van der Waals surface area contributed by atoms with Crippen LogP contribution in [0, 0.1) is 5.41 Å². The summed E-state index contributed by atoms with van der Waals surface area (Å²) in [6.07, 6.45) is 8.58. The molecule has 100 valence electrons. The zero-order chi connectivity index (χ0) is 13.1. The molecule has 2 aromatic rings. The van der Waals surface area contributed by atoms with E-state index in [1.807, 2.05) is 18.3 Å². The minimum Gasteiger partial charge on any atom is -0.383 e. The molecular formula is C16H21N3. The van der Waals surface area contributed by atoms with Crippen LogP contribution in [0.2, 0.25) is 0 Å². The van der Waals surface area contributed by atoms with E-state index >= 15 is 0 Å². The lowest BCUT2D eigenvalue weighted by Gasteiger charge is -2.28. The van der Waals surface area contributed by atoms with Gasteiger partial charge in [-0.15, -0.1) is 0 Å². The average Bonchev–Trinajstić information content (AvgIpc) is 2.94. The van der Waals surface area contributed by atoms with Gasteiger partial charge in [-0.25, -0.2) is 0 Å². The maximum Gasteiger partial charge on any atom is 0.0950 e. The van der Waals surface area contributed by atoms with Crippen LogP contribution in [0.5, 0.6) is 0 Å². The molecule has 0 saturated heterocycles. The van der Waals surface area contributed by atoms with Crippen molar-refractivity contribution < 1.29 is 0 Å². The summed E-state index contributed by atoms with van der Waals surface area (Å²) >= 11 is 0. The number of rotatable bonds is 4. The maximum atomic E-state index is 4.17. The quantitative estimate of drug-likeness (QED) is 0.897. The number of benzene rings is 1. The summed E-state index contributed by atoms with van der Waals surface area (Å²) in [7, 11) is 0. The SMILES string of the molecule is CCC1(CNc2cnnc3ccccc23)CCCC1. The smallest absolute Gasteiger partial charge is 0.0950 e. The van der Waals surface area contributed by atoms with E-state index in [2.05, 4.69) is 34.6 Å². The lowest BCUT2D eigenvalue weighted by atomic mass is 9.83. The molecule has 1 N–H and O–H groups in total. The molecule has 19 heavy (non-hydrogen) atoms. The van der Waals surface area contributed by atoms with Crippen LogP contribution in [-0.2, 0) is 0 Å². The standard InChI is InChI=1S/C16H21N3/c1-2-16(9-5-6-10-16)12-17-15-11-18-19-14-8-4-3-7-13(14)15/h3-4,7-8,11H,2,5-6,9-10,12H2,1H3,(H,17,19). The van der Waals surface area contributed by atoms with Crippen LogP contribution in [0.15, 0.2) is 30.5 Å². The zero-order valence-corrected chi connectivity index (χ0v) is 11.5. The Labute approximate surface area is 114 Å². The maximum absolute atomic E-state index is 4.17. The Morgan fingerprint density at radius 2 is 2.00 bits per heavy atom. The Kier molecular flexibility index (Phi) is 3.36. The summed E-state index contributed by atoms with van der Waals surface area (Å²) in [5, 5.41) is 13.1. The lowest BCUT2D eigenvalue weighted by Crippen LogP contribution is -2.26. The Morgan fingerprint density at radius 3 is 2.79 bits per heavy atom. The summed E-state index contributed by atoms with van der Waals surface area (Å²) in [6.45, 7) is 3.37. The topological polar surface area (TPSA) is 37.8 Å². The Hall–Kier alpha value is -1.64. The van der Waals surface area contributed by atoms with Crippen molar-refractivity contribution in [1.29, 1.82) is 0 Å². The van der Waals surface area contributed by atoms with Gasteiger partial charge in [0.05, 0.1) is 17.4 Å². The van der Waals surface area contributed by atoms with Crippen molar-refractivity contribution in [3.63, 3.8) is 0 Å². The van der Waals surface area contributed by atoms with E-state index in [0.717, 1.165) is 17.7 Å². The predicted molar refractivity (Wildman–Crippen MR) is 79.2 cm³/mol. The number of nitrogens with one attached hydrogen (secondary N) is 1. The summed E-state index contributed by atoms with van der Waals surface area (Å²) in [6, 6.07) is 8.18. The van der Waals surface area contributed by atoms with Crippen molar-refractivity contribution in [3.8, 4) is 0 Å². The summed E-state index contributed by atoms with van der Waals surface area (Å²) in [4.78, 5) is 0. The van der Waals surface area contributed by atoms with E-state index in [4.69, 9.17) is 0 Å². The first-order chi connectivity index (χ1) is 9.33. The molecule has 3 rings (SSSR count). The van der Waals surface area contributed by atoms with Gasteiger partial charge < -0.3 is 5.32 Å². The molecule has 0 aliphatic heterocycles. The number of anilines is 1. The number of hydrogen-bond donors (Lipinski definition) is 1. The fourth-order valence-corrected chi connectivity index (χ4v) is 3.21. The minimum absolute atomic E-state index is 0.490. The molecule has 0 amide bonds. The van der Waals surface area contributed by atoms with Crippen LogP contribution in [0.25, 0.3) is 10.9 Å². The molecule has 1 aliphatic rings. The van der Waals surface area contributed by atoms with Crippen LogP contribution >= 0.6 is 0 Å². The molecule has 0 bridgehead atoms. The van der Waals surface area contributed by atoms with Crippen molar-refractivity contribution >= 4 is 16.6 Å². The Balaban J connectivity index is 1.82. The highest BCUT2D eigenvalue weighted by Crippen LogP contribution is 2.41. The van der Waals surface area contributed by atoms with Crippen LogP contribution in [0.3, 0.4) is 0 Å². The first-order valence-corrected chi connectivity index (χ1v) is 7.27. The minimum atomic E-state index is 0.490. The number of aromatic nitrogens is 2. The molecule has 1 aliphatic carbocycles. The highest BCUT2D eigenvalue weighted by Gasteiger charge is 2.31. The molecule has 3 heteroatoms. The van der Waals surface area contributed by atoms with E-state index in [0.29, 0.717) is 5.41 Å². The molecule has 1 aromatic carbocycles. The van der Waals surface area contributed by atoms with Gasteiger partial charge in [0.15, 0.2) is 0 Å². The van der Waals surface area contributed by atoms with Crippen molar-refractivity contribution in [2.75, 3.05) is 11.9 Å². The third-order valence-corrected chi connectivity index (χ3v) is 4.61. The Bertz CT molecular complexity index is 553. The monoisotopic (exact) mass is 255 g/mol.